The number of carbonyl (C=O) groups excluding carboxylic acids is 3. The van der Waals surface area contributed by atoms with E-state index < -0.39 is 17.9 Å². The lowest BCUT2D eigenvalue weighted by Crippen LogP contribution is -2.35. The van der Waals surface area contributed by atoms with E-state index in [2.05, 4.69) is 15.5 Å². The Kier molecular flexibility index (Phi) is 8.98. The molecule has 5 rings (SSSR count). The van der Waals surface area contributed by atoms with Gasteiger partial charge in [0.2, 0.25) is 5.91 Å². The number of rotatable bonds is 9. The number of carboxylic acids is 1. The summed E-state index contributed by atoms with van der Waals surface area (Å²) >= 11 is 1.39. The van der Waals surface area contributed by atoms with E-state index in [9.17, 15) is 24.3 Å². The summed E-state index contributed by atoms with van der Waals surface area (Å²) in [6.45, 7) is 2.43. The molecule has 1 saturated heterocycles. The van der Waals surface area contributed by atoms with E-state index in [0.717, 1.165) is 36.2 Å². The first kappa shape index (κ1) is 28.4. The van der Waals surface area contributed by atoms with E-state index in [1.54, 1.807) is 18.2 Å². The van der Waals surface area contributed by atoms with E-state index in [-0.39, 0.29) is 24.2 Å². The molecule has 2 aromatic carbocycles. The zero-order chi connectivity index (χ0) is 28.8. The monoisotopic (exact) mass is 574 g/mol. The number of amides is 3. The van der Waals surface area contributed by atoms with Gasteiger partial charge in [0.15, 0.2) is 0 Å². The molecule has 10 heteroatoms. The van der Waals surface area contributed by atoms with Gasteiger partial charge in [-0.15, -0.1) is 11.3 Å². The number of thiophene rings is 1. The molecular formula is C31H34N4O5S. The number of nitrogens with zero attached hydrogens (tertiary/aromatic N) is 2. The Morgan fingerprint density at radius 2 is 1.71 bits per heavy atom. The van der Waals surface area contributed by atoms with Crippen molar-refractivity contribution in [2.24, 2.45) is 5.92 Å². The van der Waals surface area contributed by atoms with E-state index >= 15 is 0 Å². The zero-order valence-electron chi connectivity index (χ0n) is 22.8. The van der Waals surface area contributed by atoms with Gasteiger partial charge in [0.1, 0.15) is 0 Å². The van der Waals surface area contributed by atoms with Crippen LogP contribution in [0, 0.1) is 5.92 Å². The largest absolute Gasteiger partial charge is 0.481 e. The average Bonchev–Trinajstić information content (AvgIpc) is 3.37. The summed E-state index contributed by atoms with van der Waals surface area (Å²) in [5.41, 5.74) is 2.33. The van der Waals surface area contributed by atoms with Crippen molar-refractivity contribution < 1.29 is 24.3 Å². The fraction of sp³-hybridized carbons (Fsp3) is 0.355. The molecule has 41 heavy (non-hydrogen) atoms. The standard InChI is InChI=1S/C31H34N4O5S/c36-28(37)20-25(27-11-5-18-41-27)33-30(39)23-12-13-26(24(19-23)32-29(38)21-9-4-10-21)34-14-6-15-35(17-16-34)31(40)22-7-2-1-3-8-22/h1-3,5,7-8,11-13,18-19,21,25H,4,6,9-10,14-17,20H2,(H,32,38)(H,33,39)(H,36,37). The molecule has 214 valence electrons. The van der Waals surface area contributed by atoms with Crippen LogP contribution in [-0.4, -0.2) is 59.9 Å². The van der Waals surface area contributed by atoms with Crippen LogP contribution >= 0.6 is 11.3 Å². The summed E-state index contributed by atoms with van der Waals surface area (Å²) < 4.78 is 0. The highest BCUT2D eigenvalue weighted by Gasteiger charge is 2.28. The van der Waals surface area contributed by atoms with Crippen molar-refractivity contribution in [1.82, 2.24) is 10.2 Å². The smallest absolute Gasteiger partial charge is 0.305 e. The Morgan fingerprint density at radius 3 is 2.39 bits per heavy atom. The summed E-state index contributed by atoms with van der Waals surface area (Å²) in [6, 6.07) is 17.4. The topological polar surface area (TPSA) is 119 Å². The van der Waals surface area contributed by atoms with Crippen LogP contribution in [-0.2, 0) is 9.59 Å². The molecule has 1 aliphatic carbocycles. The molecule has 1 saturated carbocycles. The van der Waals surface area contributed by atoms with Crippen LogP contribution < -0.4 is 15.5 Å². The number of hydrogen-bond acceptors (Lipinski definition) is 6. The second-order valence-electron chi connectivity index (χ2n) is 10.5. The molecule has 1 aromatic heterocycles. The van der Waals surface area contributed by atoms with Crippen LogP contribution in [0.5, 0.6) is 0 Å². The lowest BCUT2D eigenvalue weighted by atomic mass is 9.85. The SMILES string of the molecule is O=C(O)CC(NC(=O)c1ccc(N2CCCN(C(=O)c3ccccc3)CC2)c(NC(=O)C2CCC2)c1)c1cccs1. The highest BCUT2D eigenvalue weighted by atomic mass is 32.1. The number of benzene rings is 2. The fourth-order valence-electron chi connectivity index (χ4n) is 5.21. The van der Waals surface area contributed by atoms with Crippen molar-refractivity contribution in [3.8, 4) is 0 Å². The van der Waals surface area contributed by atoms with Gasteiger partial charge in [0.25, 0.3) is 11.8 Å². The van der Waals surface area contributed by atoms with Crippen LogP contribution in [0.1, 0.15) is 63.7 Å². The van der Waals surface area contributed by atoms with Gasteiger partial charge in [-0.05, 0) is 61.0 Å². The molecule has 0 bridgehead atoms. The Labute approximate surface area is 243 Å². The third kappa shape index (κ3) is 6.94. The van der Waals surface area contributed by atoms with E-state index in [1.165, 1.54) is 11.3 Å². The second kappa shape index (κ2) is 13.0. The van der Waals surface area contributed by atoms with Gasteiger partial charge < -0.3 is 25.5 Å². The maximum atomic E-state index is 13.3. The number of aliphatic carboxylic acids is 1. The van der Waals surface area contributed by atoms with Gasteiger partial charge in [-0.3, -0.25) is 19.2 Å². The number of nitrogens with one attached hydrogen (secondary N) is 2. The minimum absolute atomic E-state index is 0.000338. The molecular weight excluding hydrogens is 540 g/mol. The number of hydrogen-bond donors (Lipinski definition) is 3. The third-order valence-corrected chi connectivity index (χ3v) is 8.69. The Hall–Kier alpha value is -4.18. The van der Waals surface area contributed by atoms with Crippen molar-refractivity contribution in [2.45, 2.75) is 38.1 Å². The summed E-state index contributed by atoms with van der Waals surface area (Å²) in [7, 11) is 0. The van der Waals surface area contributed by atoms with Crippen LogP contribution in [0.4, 0.5) is 11.4 Å². The second-order valence-corrected chi connectivity index (χ2v) is 11.5. The molecule has 1 unspecified atom stereocenters. The van der Waals surface area contributed by atoms with Crippen LogP contribution in [0.15, 0.2) is 66.0 Å². The highest BCUT2D eigenvalue weighted by molar-refractivity contribution is 7.10. The predicted molar refractivity (Wildman–Crippen MR) is 158 cm³/mol. The first-order chi connectivity index (χ1) is 19.9. The van der Waals surface area contributed by atoms with E-state index in [4.69, 9.17) is 0 Å². The first-order valence-electron chi connectivity index (χ1n) is 14.0. The number of carbonyl (C=O) groups is 4. The highest BCUT2D eigenvalue weighted by Crippen LogP contribution is 2.33. The molecule has 2 heterocycles. The van der Waals surface area contributed by atoms with Gasteiger partial charge in [0.05, 0.1) is 23.8 Å². The molecule has 2 fully saturated rings. The Balaban J connectivity index is 1.36. The maximum absolute atomic E-state index is 13.3. The minimum Gasteiger partial charge on any atom is -0.481 e. The Morgan fingerprint density at radius 1 is 0.902 bits per heavy atom. The van der Waals surface area contributed by atoms with E-state index in [1.807, 2.05) is 52.7 Å². The summed E-state index contributed by atoms with van der Waals surface area (Å²) in [5, 5.41) is 17.2. The quantitative estimate of drug-likeness (QED) is 0.338. The fourth-order valence-corrected chi connectivity index (χ4v) is 5.99. The van der Waals surface area contributed by atoms with Crippen LogP contribution in [0.25, 0.3) is 0 Å². The van der Waals surface area contributed by atoms with Gasteiger partial charge >= 0.3 is 5.97 Å². The van der Waals surface area contributed by atoms with Crippen LogP contribution in [0.3, 0.4) is 0 Å². The maximum Gasteiger partial charge on any atom is 0.305 e. The Bertz CT molecular complexity index is 1390. The molecule has 2 aliphatic rings. The lowest BCUT2D eigenvalue weighted by molar-refractivity contribution is -0.137. The number of anilines is 2. The van der Waals surface area contributed by atoms with Crippen molar-refractivity contribution in [3.63, 3.8) is 0 Å². The molecule has 0 spiro atoms. The van der Waals surface area contributed by atoms with Crippen molar-refractivity contribution >= 4 is 46.4 Å². The van der Waals surface area contributed by atoms with Gasteiger partial charge in [0, 0.05) is 48.1 Å². The van der Waals surface area contributed by atoms with Gasteiger partial charge in [-0.2, -0.15) is 0 Å². The first-order valence-corrected chi connectivity index (χ1v) is 14.9. The molecule has 0 radical (unpaired) electrons. The van der Waals surface area contributed by atoms with Gasteiger partial charge in [-0.25, -0.2) is 0 Å². The van der Waals surface area contributed by atoms with Crippen molar-refractivity contribution in [3.05, 3.63) is 82.0 Å². The van der Waals surface area contributed by atoms with Crippen molar-refractivity contribution in [2.75, 3.05) is 36.4 Å². The molecule has 1 aliphatic heterocycles. The molecule has 3 N–H and O–H groups in total. The van der Waals surface area contributed by atoms with Crippen LogP contribution in [0.2, 0.25) is 0 Å². The lowest BCUT2D eigenvalue weighted by Gasteiger charge is -2.29. The van der Waals surface area contributed by atoms with Gasteiger partial charge in [-0.1, -0.05) is 30.7 Å². The van der Waals surface area contributed by atoms with E-state index in [0.29, 0.717) is 43.0 Å². The summed E-state index contributed by atoms with van der Waals surface area (Å²) in [4.78, 5) is 55.6. The number of carboxylic acid groups (broad SMARTS) is 1. The summed E-state index contributed by atoms with van der Waals surface area (Å²) in [5.74, 6) is -1.52. The third-order valence-electron chi connectivity index (χ3n) is 7.71. The molecule has 3 aromatic rings. The molecule has 3 amide bonds. The molecule has 9 nitrogen and oxygen atoms in total. The molecule has 1 atom stereocenters. The normalized spacial score (nSPS) is 16.3. The summed E-state index contributed by atoms with van der Waals surface area (Å²) in [6.07, 6.45) is 3.24. The zero-order valence-corrected chi connectivity index (χ0v) is 23.6. The minimum atomic E-state index is -1.01. The predicted octanol–water partition coefficient (Wildman–Crippen LogP) is 4.79. The average molecular weight is 575 g/mol. The van der Waals surface area contributed by atoms with Crippen molar-refractivity contribution in [1.29, 1.82) is 0 Å².